The van der Waals surface area contributed by atoms with Crippen molar-refractivity contribution < 1.29 is 4.74 Å². The van der Waals surface area contributed by atoms with Crippen LogP contribution in [0.3, 0.4) is 0 Å². The summed E-state index contributed by atoms with van der Waals surface area (Å²) in [5.41, 5.74) is 1.36. The molecule has 2 aromatic heterocycles. The maximum atomic E-state index is 12.9. The van der Waals surface area contributed by atoms with Gasteiger partial charge in [0, 0.05) is 11.4 Å². The van der Waals surface area contributed by atoms with Gasteiger partial charge >= 0.3 is 0 Å². The van der Waals surface area contributed by atoms with Gasteiger partial charge < -0.3 is 4.74 Å². The number of nitrogens with zero attached hydrogens (tertiary/aromatic N) is 2. The van der Waals surface area contributed by atoms with Crippen LogP contribution >= 0.6 is 11.3 Å². The van der Waals surface area contributed by atoms with Crippen molar-refractivity contribution in [3.05, 3.63) is 57.5 Å². The number of aromatic nitrogens is 2. The van der Waals surface area contributed by atoms with Crippen LogP contribution in [-0.2, 0) is 19.4 Å². The quantitative estimate of drug-likeness (QED) is 0.649. The van der Waals surface area contributed by atoms with Crippen molar-refractivity contribution in [1.82, 2.24) is 9.55 Å². The molecule has 130 valence electrons. The van der Waals surface area contributed by atoms with Crippen molar-refractivity contribution in [1.29, 1.82) is 0 Å². The van der Waals surface area contributed by atoms with Crippen LogP contribution in [0.4, 0.5) is 0 Å². The summed E-state index contributed by atoms with van der Waals surface area (Å²) in [6, 6.07) is 9.77. The molecule has 0 unspecified atom stereocenters. The zero-order valence-electron chi connectivity index (χ0n) is 14.4. The highest BCUT2D eigenvalue weighted by Gasteiger charge is 2.23. The molecule has 5 heteroatoms. The van der Waals surface area contributed by atoms with Crippen LogP contribution in [0.25, 0.3) is 10.2 Å². The second kappa shape index (κ2) is 7.00. The fourth-order valence-corrected chi connectivity index (χ4v) is 4.81. The van der Waals surface area contributed by atoms with E-state index in [-0.39, 0.29) is 5.56 Å². The lowest BCUT2D eigenvalue weighted by molar-refractivity contribution is 0.301. The monoisotopic (exact) mass is 354 g/mol. The highest BCUT2D eigenvalue weighted by atomic mass is 32.1. The van der Waals surface area contributed by atoms with Crippen molar-refractivity contribution >= 4 is 21.6 Å². The molecule has 4 nitrogen and oxygen atoms in total. The third-order valence-electron chi connectivity index (χ3n) is 4.84. The number of thiophene rings is 1. The summed E-state index contributed by atoms with van der Waals surface area (Å²) >= 11 is 1.70. The molecule has 0 spiro atoms. The molecular formula is C20H22N2O2S. The van der Waals surface area contributed by atoms with Gasteiger partial charge in [-0.1, -0.05) is 25.1 Å². The van der Waals surface area contributed by atoms with Gasteiger partial charge in [-0.05, 0) is 49.3 Å². The molecule has 0 N–H and O–H groups in total. The van der Waals surface area contributed by atoms with Crippen LogP contribution in [0.2, 0.25) is 0 Å². The maximum Gasteiger partial charge on any atom is 0.262 e. The Morgan fingerprint density at radius 3 is 3.00 bits per heavy atom. The average Bonchev–Trinajstić information content (AvgIpc) is 2.99. The maximum absolute atomic E-state index is 12.9. The predicted octanol–water partition coefficient (Wildman–Crippen LogP) is 4.05. The van der Waals surface area contributed by atoms with Crippen molar-refractivity contribution in [3.63, 3.8) is 0 Å². The molecule has 1 atom stereocenters. The molecule has 2 heterocycles. The molecule has 25 heavy (non-hydrogen) atoms. The van der Waals surface area contributed by atoms with E-state index in [1.54, 1.807) is 22.2 Å². The van der Waals surface area contributed by atoms with E-state index < -0.39 is 0 Å². The Morgan fingerprint density at radius 1 is 1.32 bits per heavy atom. The van der Waals surface area contributed by atoms with Crippen LogP contribution < -0.4 is 10.3 Å². The molecule has 4 rings (SSSR count). The van der Waals surface area contributed by atoms with Gasteiger partial charge in [0.2, 0.25) is 0 Å². The molecular weight excluding hydrogens is 332 g/mol. The summed E-state index contributed by atoms with van der Waals surface area (Å²) in [5, 5.41) is 0.860. The molecule has 1 aliphatic rings. The van der Waals surface area contributed by atoms with E-state index in [9.17, 15) is 4.79 Å². The Balaban J connectivity index is 1.49. The van der Waals surface area contributed by atoms with Gasteiger partial charge in [-0.15, -0.1) is 11.3 Å². The molecule has 1 aliphatic carbocycles. The first-order valence-corrected chi connectivity index (χ1v) is 9.71. The second-order valence-corrected chi connectivity index (χ2v) is 7.87. The Kier molecular flexibility index (Phi) is 4.57. The molecule has 1 aromatic carbocycles. The zero-order chi connectivity index (χ0) is 17.2. The van der Waals surface area contributed by atoms with Crippen molar-refractivity contribution in [2.45, 2.75) is 39.2 Å². The van der Waals surface area contributed by atoms with E-state index >= 15 is 0 Å². The number of ether oxygens (including phenoxy) is 1. The Labute approximate surface area is 151 Å². The molecule has 0 fully saturated rings. The first kappa shape index (κ1) is 16.3. The van der Waals surface area contributed by atoms with E-state index in [1.165, 1.54) is 10.4 Å². The summed E-state index contributed by atoms with van der Waals surface area (Å²) < 4.78 is 7.45. The third-order valence-corrected chi connectivity index (χ3v) is 6.00. The zero-order valence-corrected chi connectivity index (χ0v) is 15.2. The molecule has 0 bridgehead atoms. The Bertz CT molecular complexity index is 930. The topological polar surface area (TPSA) is 44.1 Å². The van der Waals surface area contributed by atoms with E-state index in [0.717, 1.165) is 41.6 Å². The molecule has 0 saturated heterocycles. The lowest BCUT2D eigenvalue weighted by Gasteiger charge is -2.17. The number of para-hydroxylation sites is 1. The van der Waals surface area contributed by atoms with Crippen LogP contribution in [0.15, 0.2) is 41.5 Å². The first-order chi connectivity index (χ1) is 12.2. The van der Waals surface area contributed by atoms with E-state index in [1.807, 2.05) is 30.3 Å². The molecule has 0 saturated carbocycles. The SMILES string of the molecule is C[C@@H]1CCc2c(sc3ncn(CCCOc4ccccc4)c(=O)c23)C1. The number of hydrogen-bond donors (Lipinski definition) is 0. The summed E-state index contributed by atoms with van der Waals surface area (Å²) in [6.45, 7) is 3.51. The molecule has 0 amide bonds. The summed E-state index contributed by atoms with van der Waals surface area (Å²) in [5.74, 6) is 1.57. The molecule has 0 radical (unpaired) electrons. The van der Waals surface area contributed by atoms with Crippen molar-refractivity contribution in [2.24, 2.45) is 5.92 Å². The van der Waals surface area contributed by atoms with Crippen molar-refractivity contribution in [3.8, 4) is 5.75 Å². The average molecular weight is 354 g/mol. The predicted molar refractivity (Wildman–Crippen MR) is 102 cm³/mol. The number of benzene rings is 1. The van der Waals surface area contributed by atoms with Gasteiger partial charge in [-0.2, -0.15) is 0 Å². The first-order valence-electron chi connectivity index (χ1n) is 8.90. The summed E-state index contributed by atoms with van der Waals surface area (Å²) in [7, 11) is 0. The number of fused-ring (bicyclic) bond motifs is 3. The van der Waals surface area contributed by atoms with Gasteiger partial charge in [0.25, 0.3) is 5.56 Å². The van der Waals surface area contributed by atoms with Crippen LogP contribution in [0.1, 0.15) is 30.2 Å². The highest BCUT2D eigenvalue weighted by Crippen LogP contribution is 2.35. The van der Waals surface area contributed by atoms with Crippen molar-refractivity contribution in [2.75, 3.05) is 6.61 Å². The summed E-state index contributed by atoms with van der Waals surface area (Å²) in [6.07, 6.45) is 5.73. The molecule has 3 aromatic rings. The van der Waals surface area contributed by atoms with E-state index in [4.69, 9.17) is 4.74 Å². The number of hydrogen-bond acceptors (Lipinski definition) is 4. The highest BCUT2D eigenvalue weighted by molar-refractivity contribution is 7.18. The normalized spacial score (nSPS) is 16.8. The lowest BCUT2D eigenvalue weighted by Crippen LogP contribution is -2.22. The minimum atomic E-state index is 0.108. The minimum absolute atomic E-state index is 0.108. The fraction of sp³-hybridized carbons (Fsp3) is 0.400. The van der Waals surface area contributed by atoms with Crippen LogP contribution in [-0.4, -0.2) is 16.2 Å². The van der Waals surface area contributed by atoms with Gasteiger partial charge in [-0.3, -0.25) is 9.36 Å². The van der Waals surface area contributed by atoms with Gasteiger partial charge in [0.15, 0.2) is 0 Å². The largest absolute Gasteiger partial charge is 0.494 e. The number of aryl methyl sites for hydroxylation is 2. The van der Waals surface area contributed by atoms with Gasteiger partial charge in [-0.25, -0.2) is 4.98 Å². The lowest BCUT2D eigenvalue weighted by atomic mass is 9.89. The third kappa shape index (κ3) is 3.33. The smallest absolute Gasteiger partial charge is 0.262 e. The van der Waals surface area contributed by atoms with E-state index in [0.29, 0.717) is 19.1 Å². The van der Waals surface area contributed by atoms with Crippen LogP contribution in [0, 0.1) is 5.92 Å². The van der Waals surface area contributed by atoms with Gasteiger partial charge in [0.05, 0.1) is 18.3 Å². The molecule has 0 aliphatic heterocycles. The van der Waals surface area contributed by atoms with E-state index in [2.05, 4.69) is 11.9 Å². The fourth-order valence-electron chi connectivity index (χ4n) is 3.47. The van der Waals surface area contributed by atoms with Crippen LogP contribution in [0.5, 0.6) is 5.75 Å². The van der Waals surface area contributed by atoms with Gasteiger partial charge in [0.1, 0.15) is 10.6 Å². The second-order valence-electron chi connectivity index (χ2n) is 6.79. The standard InChI is InChI=1S/C20H22N2O2S/c1-14-8-9-16-17(12-14)25-19-18(16)20(23)22(13-21-19)10-5-11-24-15-6-3-2-4-7-15/h2-4,6-7,13-14H,5,8-12H2,1H3/t14-/m1/s1. The Hall–Kier alpha value is -2.14. The minimum Gasteiger partial charge on any atom is -0.494 e. The Morgan fingerprint density at radius 2 is 2.16 bits per heavy atom. The summed E-state index contributed by atoms with van der Waals surface area (Å²) in [4.78, 5) is 19.7. The number of rotatable bonds is 5.